The number of piperazine rings is 1. The quantitative estimate of drug-likeness (QED) is 0.649. The Kier molecular flexibility index (Phi) is 8.96. The molecule has 0 spiro atoms. The fourth-order valence-electron chi connectivity index (χ4n) is 3.09. The van der Waals surface area contributed by atoms with Crippen molar-refractivity contribution in [1.29, 1.82) is 0 Å². The summed E-state index contributed by atoms with van der Waals surface area (Å²) < 4.78 is 4.55. The van der Waals surface area contributed by atoms with E-state index in [0.717, 1.165) is 38.4 Å². The number of nitrogens with two attached hydrogens (primary N) is 1. The molecule has 0 amide bonds. The van der Waals surface area contributed by atoms with Crippen LogP contribution in [0.4, 0.5) is 11.4 Å². The van der Waals surface area contributed by atoms with E-state index < -0.39 is 0 Å². The molecule has 158 valence electrons. The van der Waals surface area contributed by atoms with Crippen LogP contribution in [0, 0.1) is 0 Å². The van der Waals surface area contributed by atoms with Crippen LogP contribution in [0.1, 0.15) is 31.9 Å². The Morgan fingerprint density at radius 1 is 1.10 bits per heavy atom. The summed E-state index contributed by atoms with van der Waals surface area (Å²) in [6, 6.07) is 16.9. The predicted octanol–water partition coefficient (Wildman–Crippen LogP) is 3.12. The van der Waals surface area contributed by atoms with Gasteiger partial charge < -0.3 is 26.0 Å². The third kappa shape index (κ3) is 7.75. The highest BCUT2D eigenvalue weighted by Crippen LogP contribution is 2.28. The zero-order valence-corrected chi connectivity index (χ0v) is 17.8. The molecule has 1 fully saturated rings. The Hall–Kier alpha value is -2.57. The number of nitrogens with one attached hydrogen (secondary N) is 2. The summed E-state index contributed by atoms with van der Waals surface area (Å²) >= 11 is 0. The van der Waals surface area contributed by atoms with E-state index in [4.69, 9.17) is 5.73 Å². The van der Waals surface area contributed by atoms with Crippen LogP contribution in [-0.2, 0) is 22.6 Å². The minimum absolute atomic E-state index is 0.318. The number of benzene rings is 2. The molecule has 0 aromatic heterocycles. The molecular weight excluding hydrogens is 364 g/mol. The molecule has 2 aromatic carbocycles. The summed E-state index contributed by atoms with van der Waals surface area (Å²) in [5, 5.41) is 6.93. The molecule has 0 bridgehead atoms. The molecule has 1 aliphatic rings. The molecule has 4 N–H and O–H groups in total. The smallest absolute Gasteiger partial charge is 0.293 e. The second kappa shape index (κ2) is 11.4. The zero-order chi connectivity index (χ0) is 21.1. The molecule has 6 nitrogen and oxygen atoms in total. The van der Waals surface area contributed by atoms with Crippen LogP contribution in [0.15, 0.2) is 48.5 Å². The normalized spacial score (nSPS) is 13.9. The average Bonchev–Trinajstić information content (AvgIpc) is 2.73. The molecule has 1 saturated heterocycles. The first-order valence-electron chi connectivity index (χ1n) is 10.1. The number of ether oxygens (including phenoxy) is 1. The van der Waals surface area contributed by atoms with Crippen LogP contribution in [-0.4, -0.2) is 38.3 Å². The van der Waals surface area contributed by atoms with Crippen molar-refractivity contribution in [1.82, 2.24) is 5.32 Å². The van der Waals surface area contributed by atoms with E-state index in [0.29, 0.717) is 13.0 Å². The topological polar surface area (TPSA) is 79.6 Å². The van der Waals surface area contributed by atoms with E-state index in [1.807, 2.05) is 26.8 Å². The van der Waals surface area contributed by atoms with Gasteiger partial charge in [0.1, 0.15) is 5.60 Å². The van der Waals surface area contributed by atoms with Crippen molar-refractivity contribution in [3.8, 4) is 0 Å². The van der Waals surface area contributed by atoms with Gasteiger partial charge in [-0.3, -0.25) is 4.79 Å². The lowest BCUT2D eigenvalue weighted by Gasteiger charge is -2.31. The minimum atomic E-state index is -0.318. The van der Waals surface area contributed by atoms with Gasteiger partial charge in [-0.1, -0.05) is 36.4 Å². The summed E-state index contributed by atoms with van der Waals surface area (Å²) in [5.41, 5.74) is 10.6. The molecule has 3 rings (SSSR count). The van der Waals surface area contributed by atoms with Gasteiger partial charge in [0.25, 0.3) is 6.47 Å². The fourth-order valence-corrected chi connectivity index (χ4v) is 3.09. The third-order valence-electron chi connectivity index (χ3n) is 4.54. The summed E-state index contributed by atoms with van der Waals surface area (Å²) in [5.74, 6) is 0. The summed E-state index contributed by atoms with van der Waals surface area (Å²) in [6.45, 7) is 11.4. The molecule has 0 saturated carbocycles. The van der Waals surface area contributed by atoms with Crippen LogP contribution in [0.2, 0.25) is 0 Å². The molecule has 2 aromatic rings. The monoisotopic (exact) mass is 398 g/mol. The Morgan fingerprint density at radius 3 is 2.34 bits per heavy atom. The third-order valence-corrected chi connectivity index (χ3v) is 4.54. The van der Waals surface area contributed by atoms with Gasteiger partial charge in [-0.15, -0.1) is 0 Å². The van der Waals surface area contributed by atoms with Gasteiger partial charge >= 0.3 is 0 Å². The summed E-state index contributed by atoms with van der Waals surface area (Å²) in [4.78, 5) is 12.0. The van der Waals surface area contributed by atoms with E-state index in [1.54, 1.807) is 0 Å². The number of carbonyl (C=O) groups excluding carboxylic acids is 1. The standard InChI is InChI=1S/C18H24N4.C5H10O2/c19-13-16-17(21-14-15-5-2-1-3-6-15)7-4-8-18(16)22-11-9-20-10-12-22;1-5(2,3)7-4-6/h1-8,20-21H,9-14,19H2;4H,1-3H3. The molecular formula is C23H34N4O2. The fraction of sp³-hybridized carbons (Fsp3) is 0.435. The molecule has 1 aliphatic heterocycles. The van der Waals surface area contributed by atoms with Crippen LogP contribution >= 0.6 is 0 Å². The molecule has 0 atom stereocenters. The van der Waals surface area contributed by atoms with Crippen LogP contribution in [0.3, 0.4) is 0 Å². The van der Waals surface area contributed by atoms with Gasteiger partial charge in [0.2, 0.25) is 0 Å². The van der Waals surface area contributed by atoms with E-state index in [1.165, 1.54) is 16.8 Å². The maximum atomic E-state index is 9.60. The van der Waals surface area contributed by atoms with Gasteiger partial charge in [0, 0.05) is 56.2 Å². The number of rotatable bonds is 6. The second-order valence-corrected chi connectivity index (χ2v) is 7.91. The van der Waals surface area contributed by atoms with Gasteiger partial charge in [0.15, 0.2) is 0 Å². The Labute approximate surface area is 174 Å². The van der Waals surface area contributed by atoms with Crippen molar-refractivity contribution in [2.45, 2.75) is 39.5 Å². The van der Waals surface area contributed by atoms with Crippen molar-refractivity contribution in [3.05, 3.63) is 59.7 Å². The molecule has 1 heterocycles. The lowest BCUT2D eigenvalue weighted by atomic mass is 10.1. The van der Waals surface area contributed by atoms with Gasteiger partial charge in [0.05, 0.1) is 0 Å². The van der Waals surface area contributed by atoms with Crippen molar-refractivity contribution < 1.29 is 9.53 Å². The largest absolute Gasteiger partial charge is 0.462 e. The highest BCUT2D eigenvalue weighted by molar-refractivity contribution is 5.67. The second-order valence-electron chi connectivity index (χ2n) is 7.91. The minimum Gasteiger partial charge on any atom is -0.462 e. The SMILES string of the molecule is CC(C)(C)OC=O.NCc1c(NCc2ccccc2)cccc1N1CCNCC1. The maximum absolute atomic E-state index is 9.60. The van der Waals surface area contributed by atoms with Gasteiger partial charge in [-0.05, 0) is 38.5 Å². The number of carbonyl (C=O) groups is 1. The number of hydrogen-bond donors (Lipinski definition) is 3. The molecule has 6 heteroatoms. The van der Waals surface area contributed by atoms with Crippen molar-refractivity contribution >= 4 is 17.8 Å². The predicted molar refractivity (Wildman–Crippen MR) is 120 cm³/mol. The van der Waals surface area contributed by atoms with Crippen LogP contribution < -0.4 is 21.3 Å². The highest BCUT2D eigenvalue weighted by atomic mass is 16.5. The van der Waals surface area contributed by atoms with E-state index >= 15 is 0 Å². The lowest BCUT2D eigenvalue weighted by Crippen LogP contribution is -2.44. The number of hydrogen-bond acceptors (Lipinski definition) is 6. The molecule has 29 heavy (non-hydrogen) atoms. The van der Waals surface area contributed by atoms with E-state index in [2.05, 4.69) is 62.7 Å². The first-order chi connectivity index (χ1) is 13.9. The number of nitrogens with zero attached hydrogens (tertiary/aromatic N) is 1. The average molecular weight is 399 g/mol. The Balaban J connectivity index is 0.000000370. The molecule has 0 aliphatic carbocycles. The van der Waals surface area contributed by atoms with Crippen molar-refractivity contribution in [2.75, 3.05) is 36.4 Å². The lowest BCUT2D eigenvalue weighted by molar-refractivity contribution is -0.138. The van der Waals surface area contributed by atoms with E-state index in [-0.39, 0.29) is 5.60 Å². The van der Waals surface area contributed by atoms with Crippen LogP contribution in [0.25, 0.3) is 0 Å². The van der Waals surface area contributed by atoms with E-state index in [9.17, 15) is 4.79 Å². The Bertz CT molecular complexity index is 738. The summed E-state index contributed by atoms with van der Waals surface area (Å²) in [6.07, 6.45) is 0. The van der Waals surface area contributed by atoms with Gasteiger partial charge in [-0.25, -0.2) is 0 Å². The summed E-state index contributed by atoms with van der Waals surface area (Å²) in [7, 11) is 0. The van der Waals surface area contributed by atoms with Crippen molar-refractivity contribution in [2.24, 2.45) is 5.73 Å². The zero-order valence-electron chi connectivity index (χ0n) is 17.8. The van der Waals surface area contributed by atoms with Crippen molar-refractivity contribution in [3.63, 3.8) is 0 Å². The highest BCUT2D eigenvalue weighted by Gasteiger charge is 2.15. The first kappa shape index (κ1) is 22.7. The maximum Gasteiger partial charge on any atom is 0.293 e. The Morgan fingerprint density at radius 2 is 1.79 bits per heavy atom. The van der Waals surface area contributed by atoms with Gasteiger partial charge in [-0.2, -0.15) is 0 Å². The molecule has 0 radical (unpaired) electrons. The van der Waals surface area contributed by atoms with Crippen LogP contribution in [0.5, 0.6) is 0 Å². The first-order valence-corrected chi connectivity index (χ1v) is 10.1. The number of anilines is 2. The molecule has 0 unspecified atom stereocenters.